The van der Waals surface area contributed by atoms with Gasteiger partial charge in [0.25, 0.3) is 0 Å². The Labute approximate surface area is 140 Å². The van der Waals surface area contributed by atoms with Crippen LogP contribution in [-0.4, -0.2) is 42.3 Å². The molecular formula is C17H20ClN3S. The first-order chi connectivity index (χ1) is 10.7. The van der Waals surface area contributed by atoms with E-state index in [0.29, 0.717) is 0 Å². The molecule has 1 aromatic heterocycles. The summed E-state index contributed by atoms with van der Waals surface area (Å²) < 4.78 is 0. The lowest BCUT2D eigenvalue weighted by molar-refractivity contribution is 0.132. The summed E-state index contributed by atoms with van der Waals surface area (Å²) in [5.41, 5.74) is 1.24. The SMILES string of the molecule is C/C=N/N1CCN(Cc2ccc(-c3ccc(Cl)cc3)s2)CC1. The molecule has 0 unspecified atom stereocenters. The first-order valence-corrected chi connectivity index (χ1v) is 8.74. The molecular weight excluding hydrogens is 314 g/mol. The second-order valence-electron chi connectivity index (χ2n) is 5.38. The highest BCUT2D eigenvalue weighted by Crippen LogP contribution is 2.29. The van der Waals surface area contributed by atoms with Gasteiger partial charge in [-0.05, 0) is 36.8 Å². The minimum Gasteiger partial charge on any atom is -0.295 e. The number of rotatable bonds is 4. The molecule has 2 aromatic rings. The summed E-state index contributed by atoms with van der Waals surface area (Å²) in [5, 5.41) is 7.28. The molecule has 0 radical (unpaired) electrons. The van der Waals surface area contributed by atoms with E-state index in [1.807, 2.05) is 36.6 Å². The number of benzene rings is 1. The lowest BCUT2D eigenvalue weighted by atomic mass is 10.2. The zero-order valence-corrected chi connectivity index (χ0v) is 14.3. The maximum Gasteiger partial charge on any atom is 0.0488 e. The van der Waals surface area contributed by atoms with Crippen molar-refractivity contribution in [2.45, 2.75) is 13.5 Å². The minimum absolute atomic E-state index is 0.785. The van der Waals surface area contributed by atoms with E-state index in [2.05, 4.69) is 39.3 Å². The van der Waals surface area contributed by atoms with E-state index in [9.17, 15) is 0 Å². The topological polar surface area (TPSA) is 18.8 Å². The largest absolute Gasteiger partial charge is 0.295 e. The zero-order valence-electron chi connectivity index (χ0n) is 12.7. The smallest absolute Gasteiger partial charge is 0.0488 e. The van der Waals surface area contributed by atoms with Crippen molar-refractivity contribution in [3.05, 3.63) is 46.3 Å². The number of hydrogen-bond acceptors (Lipinski definition) is 4. The van der Waals surface area contributed by atoms with Crippen LogP contribution in [0.3, 0.4) is 0 Å². The summed E-state index contributed by atoms with van der Waals surface area (Å²) in [6.45, 7) is 7.18. The third-order valence-corrected chi connectivity index (χ3v) is 5.17. The Kier molecular flexibility index (Phi) is 5.13. The Balaban J connectivity index is 1.59. The van der Waals surface area contributed by atoms with Crippen molar-refractivity contribution in [3.63, 3.8) is 0 Å². The molecule has 0 saturated carbocycles. The number of thiophene rings is 1. The maximum absolute atomic E-state index is 5.95. The van der Waals surface area contributed by atoms with Crippen LogP contribution < -0.4 is 0 Å². The lowest BCUT2D eigenvalue weighted by Crippen LogP contribution is -2.43. The van der Waals surface area contributed by atoms with Gasteiger partial charge in [-0.25, -0.2) is 0 Å². The average molecular weight is 334 g/mol. The van der Waals surface area contributed by atoms with Crippen LogP contribution in [0.15, 0.2) is 41.5 Å². The normalized spacial score (nSPS) is 16.5. The lowest BCUT2D eigenvalue weighted by Gasteiger charge is -2.32. The van der Waals surface area contributed by atoms with E-state index < -0.39 is 0 Å². The van der Waals surface area contributed by atoms with E-state index in [1.165, 1.54) is 15.3 Å². The molecule has 0 amide bonds. The molecule has 3 rings (SSSR count). The summed E-state index contributed by atoms with van der Waals surface area (Å²) in [7, 11) is 0. The minimum atomic E-state index is 0.785. The second kappa shape index (κ2) is 7.27. The standard InChI is InChI=1S/C17H20ClN3S/c1-2-19-21-11-9-20(10-12-21)13-16-7-8-17(22-16)14-3-5-15(18)6-4-14/h2-8H,9-13H2,1H3/b19-2+. The monoisotopic (exact) mass is 333 g/mol. The first kappa shape index (κ1) is 15.5. The zero-order chi connectivity index (χ0) is 15.4. The molecule has 0 N–H and O–H groups in total. The van der Waals surface area contributed by atoms with E-state index in [0.717, 1.165) is 37.7 Å². The first-order valence-electron chi connectivity index (χ1n) is 7.55. The van der Waals surface area contributed by atoms with Gasteiger partial charge in [0.15, 0.2) is 0 Å². The number of halogens is 1. The summed E-state index contributed by atoms with van der Waals surface area (Å²) >= 11 is 7.82. The van der Waals surface area contributed by atoms with Gasteiger partial charge in [0, 0.05) is 53.7 Å². The van der Waals surface area contributed by atoms with Crippen LogP contribution in [0.25, 0.3) is 10.4 Å². The van der Waals surface area contributed by atoms with Crippen LogP contribution in [0, 0.1) is 0 Å². The second-order valence-corrected chi connectivity index (χ2v) is 6.98. The van der Waals surface area contributed by atoms with Crippen molar-refractivity contribution in [2.24, 2.45) is 5.10 Å². The molecule has 1 aliphatic rings. The Morgan fingerprint density at radius 1 is 1.09 bits per heavy atom. The predicted molar refractivity (Wildman–Crippen MR) is 95.8 cm³/mol. The fourth-order valence-corrected chi connectivity index (χ4v) is 3.81. The molecule has 5 heteroatoms. The third-order valence-electron chi connectivity index (χ3n) is 3.80. The molecule has 3 nitrogen and oxygen atoms in total. The molecule has 1 aromatic carbocycles. The molecule has 22 heavy (non-hydrogen) atoms. The summed E-state index contributed by atoms with van der Waals surface area (Å²) in [5.74, 6) is 0. The van der Waals surface area contributed by atoms with E-state index >= 15 is 0 Å². The quantitative estimate of drug-likeness (QED) is 0.781. The van der Waals surface area contributed by atoms with E-state index in [-0.39, 0.29) is 0 Å². The van der Waals surface area contributed by atoms with Gasteiger partial charge in [-0.2, -0.15) is 5.10 Å². The number of hydrogen-bond donors (Lipinski definition) is 0. The van der Waals surface area contributed by atoms with Gasteiger partial charge < -0.3 is 0 Å². The van der Waals surface area contributed by atoms with Crippen molar-refractivity contribution < 1.29 is 0 Å². The van der Waals surface area contributed by atoms with Gasteiger partial charge >= 0.3 is 0 Å². The number of nitrogens with zero attached hydrogens (tertiary/aromatic N) is 3. The molecule has 2 heterocycles. The average Bonchev–Trinajstić information content (AvgIpc) is 2.99. The molecule has 0 spiro atoms. The van der Waals surface area contributed by atoms with Gasteiger partial charge in [-0.3, -0.25) is 9.91 Å². The van der Waals surface area contributed by atoms with Crippen molar-refractivity contribution in [1.29, 1.82) is 0 Å². The van der Waals surface area contributed by atoms with Gasteiger partial charge in [0.1, 0.15) is 0 Å². The van der Waals surface area contributed by atoms with Gasteiger partial charge in [0.2, 0.25) is 0 Å². The Bertz CT molecular complexity index is 628. The highest BCUT2D eigenvalue weighted by molar-refractivity contribution is 7.15. The highest BCUT2D eigenvalue weighted by Gasteiger charge is 2.16. The van der Waals surface area contributed by atoms with Crippen LogP contribution in [0.2, 0.25) is 5.02 Å². The fourth-order valence-electron chi connectivity index (χ4n) is 2.63. The maximum atomic E-state index is 5.95. The third kappa shape index (κ3) is 3.88. The van der Waals surface area contributed by atoms with Gasteiger partial charge in [-0.15, -0.1) is 11.3 Å². The Morgan fingerprint density at radius 3 is 2.50 bits per heavy atom. The number of hydrazone groups is 1. The molecule has 116 valence electrons. The summed E-state index contributed by atoms with van der Waals surface area (Å²) in [6.07, 6.45) is 1.87. The van der Waals surface area contributed by atoms with Gasteiger partial charge in [-0.1, -0.05) is 23.7 Å². The fraction of sp³-hybridized carbons (Fsp3) is 0.353. The van der Waals surface area contributed by atoms with E-state index in [1.54, 1.807) is 0 Å². The Morgan fingerprint density at radius 2 is 1.82 bits per heavy atom. The predicted octanol–water partition coefficient (Wildman–Crippen LogP) is 4.19. The highest BCUT2D eigenvalue weighted by atomic mass is 35.5. The molecule has 0 bridgehead atoms. The molecule has 1 fully saturated rings. The van der Waals surface area contributed by atoms with Crippen LogP contribution in [0.1, 0.15) is 11.8 Å². The molecule has 1 saturated heterocycles. The van der Waals surface area contributed by atoms with Crippen LogP contribution in [0.5, 0.6) is 0 Å². The van der Waals surface area contributed by atoms with Crippen LogP contribution >= 0.6 is 22.9 Å². The van der Waals surface area contributed by atoms with Crippen molar-refractivity contribution in [2.75, 3.05) is 26.2 Å². The van der Waals surface area contributed by atoms with Crippen LogP contribution in [0.4, 0.5) is 0 Å². The molecule has 0 atom stereocenters. The van der Waals surface area contributed by atoms with Gasteiger partial charge in [0.05, 0.1) is 0 Å². The molecule has 1 aliphatic heterocycles. The van der Waals surface area contributed by atoms with Crippen molar-refractivity contribution in [3.8, 4) is 10.4 Å². The van der Waals surface area contributed by atoms with E-state index in [4.69, 9.17) is 11.6 Å². The molecule has 0 aliphatic carbocycles. The number of piperazine rings is 1. The summed E-state index contributed by atoms with van der Waals surface area (Å²) in [4.78, 5) is 5.22. The Hall–Kier alpha value is -1.36. The van der Waals surface area contributed by atoms with Crippen molar-refractivity contribution >= 4 is 29.2 Å². The van der Waals surface area contributed by atoms with Crippen molar-refractivity contribution in [1.82, 2.24) is 9.91 Å². The van der Waals surface area contributed by atoms with Crippen LogP contribution in [-0.2, 0) is 6.54 Å². The summed E-state index contributed by atoms with van der Waals surface area (Å²) in [6, 6.07) is 12.5.